The molecule has 0 N–H and O–H groups in total. The molecule has 0 amide bonds. The number of aliphatic imine (C=N–C) groups is 1. The lowest BCUT2D eigenvalue weighted by atomic mass is 10.0. The van der Waals surface area contributed by atoms with Crippen LogP contribution in [0.5, 0.6) is 0 Å². The van der Waals surface area contributed by atoms with E-state index in [1.165, 1.54) is 17.7 Å². The number of aryl methyl sites for hydroxylation is 2. The highest BCUT2D eigenvalue weighted by molar-refractivity contribution is 7.15. The van der Waals surface area contributed by atoms with E-state index in [0.717, 1.165) is 77.8 Å². The van der Waals surface area contributed by atoms with Gasteiger partial charge in [0.1, 0.15) is 17.4 Å². The molecule has 4 heterocycles. The zero-order valence-electron chi connectivity index (χ0n) is 17.7. The van der Waals surface area contributed by atoms with Gasteiger partial charge in [0.25, 0.3) is 0 Å². The van der Waals surface area contributed by atoms with Gasteiger partial charge in [-0.15, -0.1) is 21.5 Å². The van der Waals surface area contributed by atoms with Crippen molar-refractivity contribution in [1.29, 1.82) is 0 Å². The van der Waals surface area contributed by atoms with E-state index in [0.29, 0.717) is 6.54 Å². The Labute approximate surface area is 191 Å². The SMILES string of the molecule is Cc1nnc2n1-c1sc(CCCCN3CCOCC3)cc1C(c1ccccc1Cl)=NC2. The highest BCUT2D eigenvalue weighted by Crippen LogP contribution is 2.35. The molecule has 6 nitrogen and oxygen atoms in total. The second kappa shape index (κ2) is 9.20. The Balaban J connectivity index is 1.40. The van der Waals surface area contributed by atoms with Crippen molar-refractivity contribution in [2.75, 3.05) is 32.8 Å². The lowest BCUT2D eigenvalue weighted by Gasteiger charge is -2.26. The molecule has 0 aliphatic carbocycles. The number of nitrogens with zero attached hydrogens (tertiary/aromatic N) is 5. The molecule has 162 valence electrons. The fourth-order valence-electron chi connectivity index (χ4n) is 4.24. The van der Waals surface area contributed by atoms with E-state index in [2.05, 4.69) is 25.7 Å². The second-order valence-corrected chi connectivity index (χ2v) is 9.51. The molecule has 0 unspecified atom stereocenters. The monoisotopic (exact) mass is 455 g/mol. The summed E-state index contributed by atoms with van der Waals surface area (Å²) in [6, 6.07) is 10.2. The number of fused-ring (bicyclic) bond motifs is 3. The molecule has 2 aromatic heterocycles. The summed E-state index contributed by atoms with van der Waals surface area (Å²) >= 11 is 8.38. The average Bonchev–Trinajstić information content (AvgIpc) is 3.32. The van der Waals surface area contributed by atoms with Crippen molar-refractivity contribution in [2.24, 2.45) is 4.99 Å². The van der Waals surface area contributed by atoms with E-state index < -0.39 is 0 Å². The number of morpholine rings is 1. The van der Waals surface area contributed by atoms with Gasteiger partial charge in [0, 0.05) is 34.1 Å². The van der Waals surface area contributed by atoms with Crippen molar-refractivity contribution < 1.29 is 4.74 Å². The van der Waals surface area contributed by atoms with E-state index in [4.69, 9.17) is 21.3 Å². The van der Waals surface area contributed by atoms with Gasteiger partial charge in [0.2, 0.25) is 0 Å². The molecular formula is C23H26ClN5OS. The maximum absolute atomic E-state index is 6.55. The molecule has 2 aliphatic rings. The predicted molar refractivity (Wildman–Crippen MR) is 125 cm³/mol. The molecule has 8 heteroatoms. The van der Waals surface area contributed by atoms with E-state index in [1.54, 1.807) is 0 Å². The number of rotatable bonds is 6. The summed E-state index contributed by atoms with van der Waals surface area (Å²) in [4.78, 5) is 8.79. The lowest BCUT2D eigenvalue weighted by Crippen LogP contribution is -2.36. The van der Waals surface area contributed by atoms with Gasteiger partial charge in [-0.05, 0) is 44.9 Å². The molecule has 1 saturated heterocycles. The number of thiophene rings is 1. The summed E-state index contributed by atoms with van der Waals surface area (Å²) in [6.07, 6.45) is 3.43. The third-order valence-electron chi connectivity index (χ3n) is 5.87. The zero-order chi connectivity index (χ0) is 21.2. The summed E-state index contributed by atoms with van der Waals surface area (Å²) in [6.45, 7) is 7.49. The molecule has 3 aromatic rings. The van der Waals surface area contributed by atoms with Crippen LogP contribution >= 0.6 is 22.9 Å². The van der Waals surface area contributed by atoms with Crippen LogP contribution in [0.4, 0.5) is 0 Å². The maximum Gasteiger partial charge on any atom is 0.160 e. The van der Waals surface area contributed by atoms with Crippen LogP contribution in [-0.2, 0) is 17.7 Å². The standard InChI is InChI=1S/C23H26ClN5OS/c1-16-26-27-21-15-25-22(18-7-2-3-8-20(18)24)19-14-17(31-23(19)29(16)21)6-4-5-9-28-10-12-30-13-11-28/h2-3,7-8,14H,4-6,9-13,15H2,1H3. The molecule has 0 spiro atoms. The summed E-state index contributed by atoms with van der Waals surface area (Å²) < 4.78 is 7.60. The first-order valence-corrected chi connectivity index (χ1v) is 12.0. The second-order valence-electron chi connectivity index (χ2n) is 7.99. The van der Waals surface area contributed by atoms with Crippen molar-refractivity contribution in [2.45, 2.75) is 32.7 Å². The van der Waals surface area contributed by atoms with Crippen LogP contribution in [0.1, 0.15) is 40.5 Å². The number of hydrogen-bond donors (Lipinski definition) is 0. The van der Waals surface area contributed by atoms with Crippen molar-refractivity contribution in [3.8, 4) is 5.00 Å². The van der Waals surface area contributed by atoms with Crippen LogP contribution in [0.2, 0.25) is 5.02 Å². The number of halogens is 1. The predicted octanol–water partition coefficient (Wildman–Crippen LogP) is 4.30. The minimum absolute atomic E-state index is 0.498. The molecule has 1 aromatic carbocycles. The Morgan fingerprint density at radius 3 is 2.77 bits per heavy atom. The lowest BCUT2D eigenvalue weighted by molar-refractivity contribution is 0.0372. The van der Waals surface area contributed by atoms with E-state index in [1.807, 2.05) is 42.5 Å². The van der Waals surface area contributed by atoms with Gasteiger partial charge in [-0.3, -0.25) is 14.5 Å². The molecule has 31 heavy (non-hydrogen) atoms. The molecule has 5 rings (SSSR count). The molecule has 0 atom stereocenters. The number of ether oxygens (including phenoxy) is 1. The van der Waals surface area contributed by atoms with Gasteiger partial charge in [-0.2, -0.15) is 0 Å². The largest absolute Gasteiger partial charge is 0.379 e. The first-order valence-electron chi connectivity index (χ1n) is 10.8. The summed E-state index contributed by atoms with van der Waals surface area (Å²) in [5.74, 6) is 1.77. The van der Waals surface area contributed by atoms with Crippen molar-refractivity contribution in [3.63, 3.8) is 0 Å². The third kappa shape index (κ3) is 4.32. The number of aromatic nitrogens is 3. The summed E-state index contributed by atoms with van der Waals surface area (Å²) in [5, 5.41) is 10.5. The van der Waals surface area contributed by atoms with Gasteiger partial charge < -0.3 is 4.74 Å². The van der Waals surface area contributed by atoms with Crippen molar-refractivity contribution in [1.82, 2.24) is 19.7 Å². The fraction of sp³-hybridized carbons (Fsp3) is 0.435. The highest BCUT2D eigenvalue weighted by atomic mass is 35.5. The first-order chi connectivity index (χ1) is 15.2. The van der Waals surface area contributed by atoms with Gasteiger partial charge >= 0.3 is 0 Å². The topological polar surface area (TPSA) is 55.5 Å². The normalized spacial score (nSPS) is 16.5. The Morgan fingerprint density at radius 1 is 1.10 bits per heavy atom. The minimum Gasteiger partial charge on any atom is -0.379 e. The quantitative estimate of drug-likeness (QED) is 0.520. The van der Waals surface area contributed by atoms with Crippen LogP contribution in [0, 0.1) is 6.92 Å². The van der Waals surface area contributed by atoms with Crippen LogP contribution in [0.25, 0.3) is 5.00 Å². The molecule has 0 bridgehead atoms. The smallest absolute Gasteiger partial charge is 0.160 e. The molecule has 1 fully saturated rings. The van der Waals surface area contributed by atoms with Crippen molar-refractivity contribution in [3.05, 3.63) is 63.0 Å². The van der Waals surface area contributed by atoms with E-state index >= 15 is 0 Å². The average molecular weight is 456 g/mol. The maximum atomic E-state index is 6.55. The molecule has 0 saturated carbocycles. The Kier molecular flexibility index (Phi) is 6.18. The van der Waals surface area contributed by atoms with Crippen LogP contribution in [0.15, 0.2) is 35.3 Å². The molecule has 2 aliphatic heterocycles. The van der Waals surface area contributed by atoms with Gasteiger partial charge in [0.15, 0.2) is 5.82 Å². The Bertz CT molecular complexity index is 1100. The minimum atomic E-state index is 0.498. The van der Waals surface area contributed by atoms with Gasteiger partial charge in [0.05, 0.1) is 18.9 Å². The van der Waals surface area contributed by atoms with Gasteiger partial charge in [-0.25, -0.2) is 0 Å². The third-order valence-corrected chi connectivity index (χ3v) is 7.38. The van der Waals surface area contributed by atoms with Gasteiger partial charge in [-0.1, -0.05) is 29.8 Å². The Morgan fingerprint density at radius 2 is 1.94 bits per heavy atom. The van der Waals surface area contributed by atoms with E-state index in [-0.39, 0.29) is 0 Å². The number of hydrogen-bond acceptors (Lipinski definition) is 6. The van der Waals surface area contributed by atoms with Crippen LogP contribution in [0.3, 0.4) is 0 Å². The Hall–Kier alpha value is -2.06. The van der Waals surface area contributed by atoms with Crippen molar-refractivity contribution >= 4 is 28.6 Å². The number of unbranched alkanes of at least 4 members (excludes halogenated alkanes) is 1. The summed E-state index contributed by atoms with van der Waals surface area (Å²) in [7, 11) is 0. The number of benzene rings is 1. The van der Waals surface area contributed by atoms with Crippen LogP contribution < -0.4 is 0 Å². The zero-order valence-corrected chi connectivity index (χ0v) is 19.3. The molecular weight excluding hydrogens is 430 g/mol. The summed E-state index contributed by atoms with van der Waals surface area (Å²) in [5.41, 5.74) is 3.04. The first kappa shape index (κ1) is 20.8. The highest BCUT2D eigenvalue weighted by Gasteiger charge is 2.25. The fourth-order valence-corrected chi connectivity index (χ4v) is 5.73. The van der Waals surface area contributed by atoms with E-state index in [9.17, 15) is 0 Å². The molecule has 0 radical (unpaired) electrons. The van der Waals surface area contributed by atoms with Crippen LogP contribution in [-0.4, -0.2) is 58.2 Å².